The van der Waals surface area contributed by atoms with Crippen LogP contribution in [-0.2, 0) is 9.59 Å². The second-order valence-electron chi connectivity index (χ2n) is 8.42. The summed E-state index contributed by atoms with van der Waals surface area (Å²) in [4.78, 5) is 30.0. The number of rotatable bonds is 4. The molecule has 6 nitrogen and oxygen atoms in total. The molecule has 5 rings (SSSR count). The van der Waals surface area contributed by atoms with Crippen LogP contribution >= 0.6 is 0 Å². The zero-order valence-corrected chi connectivity index (χ0v) is 18.0. The van der Waals surface area contributed by atoms with Crippen LogP contribution in [0.4, 0.5) is 11.4 Å². The molecule has 0 saturated carbocycles. The molecule has 2 aliphatic heterocycles. The number of carbonyl (C=O) groups excluding carboxylic acids is 2. The number of carbonyl (C=O) groups is 2. The molecule has 2 amide bonds. The summed E-state index contributed by atoms with van der Waals surface area (Å²) >= 11 is 0. The topological polar surface area (TPSA) is 61.9 Å². The minimum Gasteiger partial charge on any atom is -0.477 e. The summed E-state index contributed by atoms with van der Waals surface area (Å²) in [5.41, 5.74) is 1.62. The molecule has 1 saturated heterocycles. The summed E-state index contributed by atoms with van der Waals surface area (Å²) < 4.78 is 6.07. The quantitative estimate of drug-likeness (QED) is 0.680. The average molecular weight is 430 g/mol. The highest BCUT2D eigenvalue weighted by Crippen LogP contribution is 2.33. The first-order valence-corrected chi connectivity index (χ1v) is 11.3. The molecule has 1 fully saturated rings. The molecule has 0 aromatic heterocycles. The van der Waals surface area contributed by atoms with Crippen molar-refractivity contribution < 1.29 is 14.3 Å². The van der Waals surface area contributed by atoms with Crippen molar-refractivity contribution in [1.29, 1.82) is 0 Å². The summed E-state index contributed by atoms with van der Waals surface area (Å²) in [6.45, 7) is 2.06. The second kappa shape index (κ2) is 8.91. The summed E-state index contributed by atoms with van der Waals surface area (Å²) in [6.07, 6.45) is 2.63. The number of nitrogens with one attached hydrogen (secondary N) is 1. The van der Waals surface area contributed by atoms with Gasteiger partial charge < -0.3 is 19.9 Å². The smallest absolute Gasteiger partial charge is 0.265 e. The molecule has 2 heterocycles. The third-order valence-corrected chi connectivity index (χ3v) is 6.20. The third-order valence-electron chi connectivity index (χ3n) is 6.20. The van der Waals surface area contributed by atoms with E-state index in [-0.39, 0.29) is 18.4 Å². The van der Waals surface area contributed by atoms with E-state index >= 15 is 0 Å². The van der Waals surface area contributed by atoms with E-state index in [1.165, 1.54) is 6.42 Å². The van der Waals surface area contributed by atoms with Crippen molar-refractivity contribution in [2.45, 2.75) is 25.4 Å². The van der Waals surface area contributed by atoms with E-state index in [1.807, 2.05) is 76.5 Å². The van der Waals surface area contributed by atoms with Crippen LogP contribution in [0.3, 0.4) is 0 Å². The maximum absolute atomic E-state index is 13.1. The van der Waals surface area contributed by atoms with E-state index in [9.17, 15) is 9.59 Å². The van der Waals surface area contributed by atoms with E-state index in [2.05, 4.69) is 5.32 Å². The number of likely N-dealkylation sites (tertiary alicyclic amines) is 1. The van der Waals surface area contributed by atoms with Crippen LogP contribution in [0, 0.1) is 0 Å². The highest BCUT2D eigenvalue weighted by Gasteiger charge is 2.34. The van der Waals surface area contributed by atoms with Gasteiger partial charge in [0.25, 0.3) is 5.91 Å². The lowest BCUT2D eigenvalue weighted by Crippen LogP contribution is -2.52. The van der Waals surface area contributed by atoms with E-state index in [1.54, 1.807) is 0 Å². The zero-order valence-electron chi connectivity index (χ0n) is 18.0. The summed E-state index contributed by atoms with van der Waals surface area (Å²) in [5.74, 6) is 0.535. The SMILES string of the molecule is O=C(CN1C[C@H](C(=O)N2CCCCC2)Oc2ccccc21)Nc1cccc2ccccc12. The number of anilines is 2. The fourth-order valence-electron chi connectivity index (χ4n) is 4.60. The number of hydrogen-bond donors (Lipinski definition) is 1. The van der Waals surface area contributed by atoms with Gasteiger partial charge in [-0.25, -0.2) is 0 Å². The first kappa shape index (κ1) is 20.4. The van der Waals surface area contributed by atoms with Crippen molar-refractivity contribution in [2.24, 2.45) is 0 Å². The number of piperidine rings is 1. The Morgan fingerprint density at radius 3 is 2.53 bits per heavy atom. The molecule has 1 N–H and O–H groups in total. The van der Waals surface area contributed by atoms with Gasteiger partial charge >= 0.3 is 0 Å². The van der Waals surface area contributed by atoms with Crippen molar-refractivity contribution in [3.05, 3.63) is 66.7 Å². The summed E-state index contributed by atoms with van der Waals surface area (Å²) in [5, 5.41) is 5.14. The van der Waals surface area contributed by atoms with Crippen LogP contribution in [0.5, 0.6) is 5.75 Å². The average Bonchev–Trinajstić information content (AvgIpc) is 2.84. The Hall–Kier alpha value is -3.54. The van der Waals surface area contributed by atoms with Crippen molar-refractivity contribution in [1.82, 2.24) is 4.90 Å². The Labute approximate surface area is 187 Å². The van der Waals surface area contributed by atoms with Gasteiger partial charge in [-0.3, -0.25) is 9.59 Å². The summed E-state index contributed by atoms with van der Waals surface area (Å²) in [6, 6.07) is 21.5. The monoisotopic (exact) mass is 429 g/mol. The van der Waals surface area contributed by atoms with Gasteiger partial charge in [0.1, 0.15) is 5.75 Å². The fourth-order valence-corrected chi connectivity index (χ4v) is 4.60. The predicted octanol–water partition coefficient (Wildman–Crippen LogP) is 4.06. The second-order valence-corrected chi connectivity index (χ2v) is 8.42. The molecule has 0 unspecified atom stereocenters. The van der Waals surface area contributed by atoms with Crippen LogP contribution in [0.2, 0.25) is 0 Å². The molecule has 0 aliphatic carbocycles. The molecule has 2 aliphatic rings. The van der Waals surface area contributed by atoms with Gasteiger partial charge in [-0.2, -0.15) is 0 Å². The molecular weight excluding hydrogens is 402 g/mol. The minimum absolute atomic E-state index is 0.0127. The van der Waals surface area contributed by atoms with Crippen LogP contribution in [0.25, 0.3) is 10.8 Å². The van der Waals surface area contributed by atoms with Gasteiger partial charge in [-0.15, -0.1) is 0 Å². The van der Waals surface area contributed by atoms with Crippen molar-refractivity contribution in [3.8, 4) is 5.75 Å². The Morgan fingerprint density at radius 1 is 0.906 bits per heavy atom. The van der Waals surface area contributed by atoms with Crippen LogP contribution < -0.4 is 15.0 Å². The lowest BCUT2D eigenvalue weighted by Gasteiger charge is -2.38. The maximum atomic E-state index is 13.1. The predicted molar refractivity (Wildman–Crippen MR) is 126 cm³/mol. The van der Waals surface area contributed by atoms with Gasteiger partial charge in [0, 0.05) is 24.2 Å². The number of ether oxygens (including phenoxy) is 1. The number of amides is 2. The first-order chi connectivity index (χ1) is 15.7. The minimum atomic E-state index is -0.603. The standard InChI is InChI=1S/C26H27N3O3/c30-25(27-21-12-8-10-19-9-2-3-11-20(19)21)18-29-17-24(26(31)28-15-6-1-7-16-28)32-23-14-5-4-13-22(23)29/h2-5,8-14,24H,1,6-7,15-18H2,(H,27,30)/t24-/m1/s1. The molecule has 0 radical (unpaired) electrons. The molecular formula is C26H27N3O3. The molecule has 3 aromatic carbocycles. The van der Waals surface area contributed by atoms with Crippen molar-refractivity contribution >= 4 is 34.0 Å². The lowest BCUT2D eigenvalue weighted by molar-refractivity contribution is -0.139. The van der Waals surface area contributed by atoms with Crippen LogP contribution in [-0.4, -0.2) is 49.0 Å². The highest BCUT2D eigenvalue weighted by molar-refractivity contribution is 6.03. The molecule has 0 spiro atoms. The number of para-hydroxylation sites is 2. The Morgan fingerprint density at radius 2 is 1.66 bits per heavy atom. The van der Waals surface area contributed by atoms with Crippen molar-refractivity contribution in [2.75, 3.05) is 36.4 Å². The van der Waals surface area contributed by atoms with Gasteiger partial charge in [-0.1, -0.05) is 48.5 Å². The number of hydrogen-bond acceptors (Lipinski definition) is 4. The lowest BCUT2D eigenvalue weighted by atomic mass is 10.1. The van der Waals surface area contributed by atoms with Crippen LogP contribution in [0.15, 0.2) is 66.7 Å². The van der Waals surface area contributed by atoms with Gasteiger partial charge in [0.2, 0.25) is 5.91 Å². The normalized spacial score (nSPS) is 18.1. The van der Waals surface area contributed by atoms with E-state index in [0.29, 0.717) is 12.3 Å². The maximum Gasteiger partial charge on any atom is 0.265 e. The molecule has 6 heteroatoms. The van der Waals surface area contributed by atoms with Gasteiger partial charge in [0.15, 0.2) is 6.10 Å². The highest BCUT2D eigenvalue weighted by atomic mass is 16.5. The number of nitrogens with zero attached hydrogens (tertiary/aromatic N) is 2. The molecule has 0 bridgehead atoms. The van der Waals surface area contributed by atoms with E-state index in [4.69, 9.17) is 4.74 Å². The molecule has 3 aromatic rings. The number of fused-ring (bicyclic) bond motifs is 2. The first-order valence-electron chi connectivity index (χ1n) is 11.3. The summed E-state index contributed by atoms with van der Waals surface area (Å²) in [7, 11) is 0. The Balaban J connectivity index is 1.34. The number of benzene rings is 3. The van der Waals surface area contributed by atoms with Crippen molar-refractivity contribution in [3.63, 3.8) is 0 Å². The van der Waals surface area contributed by atoms with Crippen LogP contribution in [0.1, 0.15) is 19.3 Å². The van der Waals surface area contributed by atoms with Gasteiger partial charge in [0.05, 0.1) is 18.8 Å². The van der Waals surface area contributed by atoms with Gasteiger partial charge in [-0.05, 0) is 42.8 Å². The van der Waals surface area contributed by atoms with E-state index in [0.717, 1.165) is 48.1 Å². The third kappa shape index (κ3) is 4.13. The molecule has 164 valence electrons. The molecule has 32 heavy (non-hydrogen) atoms. The Kier molecular flexibility index (Phi) is 5.67. The van der Waals surface area contributed by atoms with E-state index < -0.39 is 6.10 Å². The largest absolute Gasteiger partial charge is 0.477 e. The Bertz CT molecular complexity index is 1130. The fraction of sp³-hybridized carbons (Fsp3) is 0.308. The zero-order chi connectivity index (χ0) is 21.9. The molecule has 1 atom stereocenters.